The number of rotatable bonds is 6. The minimum atomic E-state index is -0.759. The van der Waals surface area contributed by atoms with Crippen LogP contribution in [0.3, 0.4) is 0 Å². The van der Waals surface area contributed by atoms with Gasteiger partial charge in [-0.2, -0.15) is 0 Å². The van der Waals surface area contributed by atoms with Crippen LogP contribution in [-0.4, -0.2) is 34.0 Å². The maximum atomic E-state index is 10.6. The van der Waals surface area contributed by atoms with Gasteiger partial charge in [-0.25, -0.2) is 0 Å². The van der Waals surface area contributed by atoms with E-state index >= 15 is 0 Å². The highest BCUT2D eigenvalue weighted by Gasteiger charge is 2.07. The molecule has 2 aromatic rings. The van der Waals surface area contributed by atoms with Gasteiger partial charge in [-0.05, 0) is 18.7 Å². The number of fused-ring (bicyclic) bond motifs is 1. The molecule has 0 aliphatic rings. The molecule has 0 radical (unpaired) electrons. The monoisotopic (exact) mass is 258 g/mol. The van der Waals surface area contributed by atoms with Crippen LogP contribution in [0, 0.1) is 0 Å². The summed E-state index contributed by atoms with van der Waals surface area (Å²) in [6.07, 6.45) is 0.168. The van der Waals surface area contributed by atoms with Crippen molar-refractivity contribution in [2.45, 2.75) is 19.9 Å². The maximum Gasteiger partial charge on any atom is 0.304 e. The molecule has 0 spiro atoms. The lowest BCUT2D eigenvalue weighted by atomic mass is 10.2. The highest BCUT2D eigenvalue weighted by Crippen LogP contribution is 2.13. The van der Waals surface area contributed by atoms with Crippen LogP contribution < -0.4 is 0 Å². The van der Waals surface area contributed by atoms with Gasteiger partial charge in [0.2, 0.25) is 0 Å². The highest BCUT2D eigenvalue weighted by atomic mass is 16.4. The summed E-state index contributed by atoms with van der Waals surface area (Å²) in [4.78, 5) is 17.3. The molecule has 0 atom stereocenters. The molecular weight excluding hydrogens is 240 g/mol. The fraction of sp³-hybridized carbons (Fsp3) is 0.333. The molecule has 0 aliphatic carbocycles. The van der Waals surface area contributed by atoms with Gasteiger partial charge >= 0.3 is 5.97 Å². The summed E-state index contributed by atoms with van der Waals surface area (Å²) in [6, 6.07) is 12.1. The number of carboxylic acid groups (broad SMARTS) is 1. The number of pyridine rings is 1. The summed E-state index contributed by atoms with van der Waals surface area (Å²) in [7, 11) is 0. The molecule has 19 heavy (non-hydrogen) atoms. The van der Waals surface area contributed by atoms with Crippen LogP contribution in [0.5, 0.6) is 0 Å². The Kier molecular flexibility index (Phi) is 4.47. The summed E-state index contributed by atoms with van der Waals surface area (Å²) in [6.45, 7) is 4.10. The first kappa shape index (κ1) is 13.5. The van der Waals surface area contributed by atoms with Crippen LogP contribution in [0.1, 0.15) is 19.0 Å². The van der Waals surface area contributed by atoms with E-state index in [0.29, 0.717) is 13.1 Å². The highest BCUT2D eigenvalue weighted by molar-refractivity contribution is 5.78. The van der Waals surface area contributed by atoms with Crippen molar-refractivity contribution in [1.82, 2.24) is 9.88 Å². The Bertz CT molecular complexity index is 569. The number of carboxylic acids is 1. The van der Waals surface area contributed by atoms with Crippen LogP contribution in [0.15, 0.2) is 36.4 Å². The van der Waals surface area contributed by atoms with Crippen molar-refractivity contribution < 1.29 is 9.90 Å². The fourth-order valence-electron chi connectivity index (χ4n) is 2.03. The second-order valence-corrected chi connectivity index (χ2v) is 4.51. The zero-order valence-electron chi connectivity index (χ0n) is 11.0. The second kappa shape index (κ2) is 6.29. The van der Waals surface area contributed by atoms with Crippen LogP contribution >= 0.6 is 0 Å². The number of hydrogen-bond donors (Lipinski definition) is 1. The van der Waals surface area contributed by atoms with Gasteiger partial charge in [0.1, 0.15) is 0 Å². The van der Waals surface area contributed by atoms with Gasteiger partial charge in [-0.15, -0.1) is 0 Å². The molecule has 1 aromatic heterocycles. The summed E-state index contributed by atoms with van der Waals surface area (Å²) < 4.78 is 0. The van der Waals surface area contributed by atoms with Crippen molar-refractivity contribution in [3.05, 3.63) is 42.1 Å². The van der Waals surface area contributed by atoms with Gasteiger partial charge in [0.15, 0.2) is 0 Å². The normalized spacial score (nSPS) is 11.1. The molecule has 100 valence electrons. The molecule has 0 aliphatic heterocycles. The van der Waals surface area contributed by atoms with Crippen molar-refractivity contribution in [3.8, 4) is 0 Å². The van der Waals surface area contributed by atoms with E-state index in [1.807, 2.05) is 37.3 Å². The molecule has 0 saturated heterocycles. The summed E-state index contributed by atoms with van der Waals surface area (Å²) in [5.74, 6) is -0.759. The smallest absolute Gasteiger partial charge is 0.304 e. The molecule has 1 heterocycles. The predicted molar refractivity (Wildman–Crippen MR) is 74.9 cm³/mol. The predicted octanol–water partition coefficient (Wildman–Crippen LogP) is 2.53. The summed E-state index contributed by atoms with van der Waals surface area (Å²) >= 11 is 0. The van der Waals surface area contributed by atoms with Gasteiger partial charge in [-0.3, -0.25) is 14.7 Å². The zero-order valence-corrected chi connectivity index (χ0v) is 11.0. The number of aromatic nitrogens is 1. The average molecular weight is 258 g/mol. The summed E-state index contributed by atoms with van der Waals surface area (Å²) in [5.41, 5.74) is 1.96. The van der Waals surface area contributed by atoms with E-state index in [-0.39, 0.29) is 6.42 Å². The first-order valence-electron chi connectivity index (χ1n) is 6.48. The number of para-hydroxylation sites is 1. The maximum absolute atomic E-state index is 10.6. The first-order valence-corrected chi connectivity index (χ1v) is 6.48. The molecule has 4 heteroatoms. The van der Waals surface area contributed by atoms with Crippen molar-refractivity contribution in [3.63, 3.8) is 0 Å². The Morgan fingerprint density at radius 2 is 2.05 bits per heavy atom. The largest absolute Gasteiger partial charge is 0.481 e. The van der Waals surface area contributed by atoms with Gasteiger partial charge < -0.3 is 5.11 Å². The van der Waals surface area contributed by atoms with E-state index in [0.717, 1.165) is 23.1 Å². The first-order chi connectivity index (χ1) is 9.19. The Balaban J connectivity index is 2.08. The number of benzene rings is 1. The van der Waals surface area contributed by atoms with Crippen molar-refractivity contribution in [2.75, 3.05) is 13.1 Å². The van der Waals surface area contributed by atoms with Crippen LogP contribution in [0.2, 0.25) is 0 Å². The number of carbonyl (C=O) groups is 1. The van der Waals surface area contributed by atoms with Crippen molar-refractivity contribution >= 4 is 16.9 Å². The average Bonchev–Trinajstić information content (AvgIpc) is 2.43. The van der Waals surface area contributed by atoms with Gasteiger partial charge in [0.25, 0.3) is 0 Å². The van der Waals surface area contributed by atoms with E-state index in [4.69, 9.17) is 5.11 Å². The van der Waals surface area contributed by atoms with Crippen LogP contribution in [0.4, 0.5) is 0 Å². The van der Waals surface area contributed by atoms with E-state index in [9.17, 15) is 4.79 Å². The molecular formula is C15H18N2O2. The van der Waals surface area contributed by atoms with E-state index in [1.54, 1.807) is 0 Å². The van der Waals surface area contributed by atoms with E-state index < -0.39 is 5.97 Å². The quantitative estimate of drug-likeness (QED) is 0.865. The third kappa shape index (κ3) is 3.76. The van der Waals surface area contributed by atoms with Gasteiger partial charge in [0, 0.05) is 18.5 Å². The molecule has 2 rings (SSSR count). The fourth-order valence-corrected chi connectivity index (χ4v) is 2.03. The zero-order chi connectivity index (χ0) is 13.7. The summed E-state index contributed by atoms with van der Waals surface area (Å²) in [5, 5.41) is 9.85. The topological polar surface area (TPSA) is 53.4 Å². The van der Waals surface area contributed by atoms with Crippen LogP contribution in [0.25, 0.3) is 10.9 Å². The number of nitrogens with zero attached hydrogens (tertiary/aromatic N) is 2. The number of aliphatic carboxylic acids is 1. The third-order valence-electron chi connectivity index (χ3n) is 3.13. The van der Waals surface area contributed by atoms with Crippen molar-refractivity contribution in [1.29, 1.82) is 0 Å². The molecule has 0 unspecified atom stereocenters. The second-order valence-electron chi connectivity index (χ2n) is 4.51. The van der Waals surface area contributed by atoms with E-state index in [1.165, 1.54) is 0 Å². The Labute approximate surface area is 112 Å². The molecule has 0 amide bonds. The third-order valence-corrected chi connectivity index (χ3v) is 3.13. The Morgan fingerprint density at radius 1 is 1.26 bits per heavy atom. The lowest BCUT2D eigenvalue weighted by molar-refractivity contribution is -0.137. The van der Waals surface area contributed by atoms with Gasteiger partial charge in [0.05, 0.1) is 17.6 Å². The van der Waals surface area contributed by atoms with Crippen LogP contribution in [-0.2, 0) is 11.3 Å². The van der Waals surface area contributed by atoms with Gasteiger partial charge in [-0.1, -0.05) is 31.2 Å². The Hall–Kier alpha value is -1.94. The minimum Gasteiger partial charge on any atom is -0.481 e. The molecule has 0 saturated carbocycles. The minimum absolute atomic E-state index is 0.168. The SMILES string of the molecule is CCN(CCC(=O)O)Cc1ccc2ccccc2n1. The van der Waals surface area contributed by atoms with E-state index in [2.05, 4.69) is 16.0 Å². The standard InChI is InChI=1S/C15H18N2O2/c1-2-17(10-9-15(18)19)11-13-8-7-12-5-3-4-6-14(12)16-13/h3-8H,2,9-11H2,1H3,(H,18,19). The molecule has 0 fully saturated rings. The Morgan fingerprint density at radius 3 is 2.79 bits per heavy atom. The molecule has 1 aromatic carbocycles. The number of hydrogen-bond acceptors (Lipinski definition) is 3. The molecule has 4 nitrogen and oxygen atoms in total. The lowest BCUT2D eigenvalue weighted by Crippen LogP contribution is -2.26. The lowest BCUT2D eigenvalue weighted by Gasteiger charge is -2.19. The van der Waals surface area contributed by atoms with Crippen molar-refractivity contribution in [2.24, 2.45) is 0 Å². The molecule has 0 bridgehead atoms. The molecule has 1 N–H and O–H groups in total.